The second-order valence-corrected chi connectivity index (χ2v) is 28.5. The number of amides is 1. The number of carbonyl (C=O) groups excluding carboxylic acids is 1. The van der Waals surface area contributed by atoms with Gasteiger partial charge in [0.25, 0.3) is 5.56 Å². The van der Waals surface area contributed by atoms with Crippen molar-refractivity contribution in [3.63, 3.8) is 0 Å². The average molecular weight is 998 g/mol. The molecule has 6 nitrogen and oxygen atoms in total. The molecule has 360 valence electrons. The maximum Gasteiger partial charge on any atom is 0.415 e. The van der Waals surface area contributed by atoms with Gasteiger partial charge in [0, 0.05) is 29.1 Å². The molecule has 0 radical (unpaired) electrons. The highest BCUT2D eigenvalue weighted by molar-refractivity contribution is 7.98. The number of rotatable bonds is 13. The number of fused-ring (bicyclic) bond motifs is 1. The van der Waals surface area contributed by atoms with E-state index in [-0.39, 0.29) is 45.4 Å². The lowest BCUT2D eigenvalue weighted by atomic mass is 9.20. The zero-order valence-electron chi connectivity index (χ0n) is 51.9. The molecule has 0 unspecified atom stereocenters. The summed E-state index contributed by atoms with van der Waals surface area (Å²) in [6, 6.07) is 0. The van der Waals surface area contributed by atoms with Crippen molar-refractivity contribution >= 4 is 303 Å². The highest BCUT2D eigenvalue weighted by atomic mass is 32.2. The van der Waals surface area contributed by atoms with Gasteiger partial charge in [-0.3, -0.25) is 9.59 Å². The molecule has 0 aliphatic heterocycles. The topological polar surface area (TPSA) is 58.4 Å². The quantitative estimate of drug-likeness (QED) is 0.0578. The zero-order valence-corrected chi connectivity index (χ0v) is 52.8. The van der Waals surface area contributed by atoms with Crippen LogP contribution in [0.5, 0.6) is 0 Å². The van der Waals surface area contributed by atoms with E-state index >= 15 is 9.18 Å². The van der Waals surface area contributed by atoms with Crippen LogP contribution >= 0.6 is 11.8 Å². The Morgan fingerprint density at radius 2 is 0.973 bits per heavy atom. The van der Waals surface area contributed by atoms with Crippen LogP contribution in [0.15, 0.2) is 9.95 Å². The number of hydrogen-bond donors (Lipinski definition) is 0. The van der Waals surface area contributed by atoms with E-state index in [1.54, 1.807) is 47.1 Å². The number of alkyl halides is 3. The summed E-state index contributed by atoms with van der Waals surface area (Å²) in [6.45, 7) is 4.66. The van der Waals surface area contributed by atoms with E-state index in [0.717, 1.165) is 60.7 Å². The van der Waals surface area contributed by atoms with Crippen molar-refractivity contribution in [2.24, 2.45) is 0 Å². The second-order valence-electron chi connectivity index (χ2n) is 27.6. The van der Waals surface area contributed by atoms with Crippen molar-refractivity contribution in [2.75, 3.05) is 0 Å². The number of halogens is 4. The molecular weight excluding hydrogens is 931 g/mol. The fraction of sp³-hybridized carbons (Fsp3) is 0.361. The first-order valence-corrected chi connectivity index (χ1v) is 27.9. The summed E-state index contributed by atoms with van der Waals surface area (Å²) in [5, 5.41) is -4.96. The van der Waals surface area contributed by atoms with E-state index < -0.39 is 43.4 Å². The smallest absolute Gasteiger partial charge is 0.348 e. The predicted molar refractivity (Wildman–Crippen MR) is 395 cm³/mol. The fourth-order valence-corrected chi connectivity index (χ4v) is 15.2. The molecule has 1 aliphatic rings. The fourth-order valence-electron chi connectivity index (χ4n) is 13.9. The Bertz CT molecular complexity index is 3020. The molecule has 1 aliphatic carbocycles. The Kier molecular flexibility index (Phi) is 17.1. The molecule has 5 rings (SSSR count). The molecule has 0 spiro atoms. The van der Waals surface area contributed by atoms with Crippen molar-refractivity contribution < 1.29 is 22.4 Å². The van der Waals surface area contributed by atoms with E-state index in [2.05, 4.69) is 169 Å². The summed E-state index contributed by atoms with van der Waals surface area (Å²) in [4.78, 5) is 41.5. The Morgan fingerprint density at radius 3 is 1.36 bits per heavy atom. The van der Waals surface area contributed by atoms with E-state index in [1.807, 2.05) is 31.4 Å². The van der Waals surface area contributed by atoms with Crippen LogP contribution in [-0.4, -0.2) is 266 Å². The zero-order chi connectivity index (χ0) is 58.3. The van der Waals surface area contributed by atoms with Gasteiger partial charge in [0.2, 0.25) is 5.91 Å². The van der Waals surface area contributed by atoms with Crippen molar-refractivity contribution in [3.8, 4) is 11.1 Å². The number of thioether (sulfide) groups is 1. The van der Waals surface area contributed by atoms with E-state index in [1.165, 1.54) is 11.8 Å². The molecule has 39 heteroatoms. The monoisotopic (exact) mass is 1000 g/mol. The highest BCUT2D eigenvalue weighted by Crippen LogP contribution is 2.58. The number of aromatic nitrogens is 2. The number of benzene rings is 3. The van der Waals surface area contributed by atoms with Crippen molar-refractivity contribution in [1.82, 2.24) is 19.4 Å². The van der Waals surface area contributed by atoms with Gasteiger partial charge >= 0.3 is 6.18 Å². The molecule has 0 bridgehead atoms. The molecule has 0 saturated carbocycles. The molecule has 4 aromatic rings. The van der Waals surface area contributed by atoms with Crippen LogP contribution in [0.3, 0.4) is 0 Å². The Labute approximate surface area is 476 Å². The lowest BCUT2D eigenvalue weighted by Gasteiger charge is -2.65. The molecular formula is C36H66B28F4N4O2S. The lowest BCUT2D eigenvalue weighted by Crippen LogP contribution is -2.82. The van der Waals surface area contributed by atoms with Gasteiger partial charge in [0.15, 0.2) is 5.16 Å². The van der Waals surface area contributed by atoms with Crippen LogP contribution in [0.1, 0.15) is 41.8 Å². The summed E-state index contributed by atoms with van der Waals surface area (Å²) in [7, 11) is 57.2. The summed E-state index contributed by atoms with van der Waals surface area (Å²) >= 11 is 1.42. The molecule has 0 N–H and O–H groups in total. The maximum atomic E-state index is 17.1. The second kappa shape index (κ2) is 20.1. The van der Waals surface area contributed by atoms with E-state index in [0.29, 0.717) is 38.3 Å². The maximum absolute atomic E-state index is 17.1. The van der Waals surface area contributed by atoms with Crippen LogP contribution in [0.2, 0.25) is 5.21 Å². The van der Waals surface area contributed by atoms with Crippen LogP contribution in [0, 0.1) is 5.82 Å². The first kappa shape index (κ1) is 63.7. The third-order valence-electron chi connectivity index (χ3n) is 20.1. The van der Waals surface area contributed by atoms with Crippen LogP contribution < -0.4 is 71.1 Å². The lowest BCUT2D eigenvalue weighted by molar-refractivity contribution is -0.138. The Balaban J connectivity index is 1.92. The summed E-state index contributed by atoms with van der Waals surface area (Å²) < 4.78 is 61.4. The highest BCUT2D eigenvalue weighted by Gasteiger charge is 2.61. The first-order valence-electron chi connectivity index (χ1n) is 26.9. The van der Waals surface area contributed by atoms with Gasteiger partial charge in [-0.2, -0.15) is 18.2 Å². The van der Waals surface area contributed by atoms with Crippen molar-refractivity contribution in [1.29, 1.82) is 0 Å². The molecule has 1 heterocycles. The molecule has 0 fully saturated rings. The minimum Gasteiger partial charge on any atom is -0.348 e. The Morgan fingerprint density at radius 1 is 0.587 bits per heavy atom. The van der Waals surface area contributed by atoms with Crippen LogP contribution in [0.25, 0.3) is 11.1 Å². The molecule has 1 aromatic heterocycles. The van der Waals surface area contributed by atoms with Crippen LogP contribution in [0.4, 0.5) is 17.6 Å². The molecule has 75 heavy (non-hydrogen) atoms. The standard InChI is InChI=1S/C36H66B28F4N4O2S/c1-28(49,50)72(29(2,51)52)36(63,64)35(61,62)70(3-5-11(37)15(41)7(16(42)12(5)38)8-17(43)19(45)9(33(66,67)68)20(46)18(8)44)26(74)32(57,58)71-24-10(30(53,54)34(59,60)31(24,55)56)25(73)69-27(71)75-4-6-13(39)21(47)23(65)22(48)14(6)40/h3-4,37-64H2,1-2H3. The van der Waals surface area contributed by atoms with Gasteiger partial charge in [0.05, 0.1) is 21.0 Å². The molecule has 0 atom stereocenters. The van der Waals surface area contributed by atoms with Gasteiger partial charge in [-0.25, -0.2) is 4.39 Å². The number of nitrogens with zero attached hydrogens (tertiary/aromatic N) is 4. The van der Waals surface area contributed by atoms with Gasteiger partial charge in [-0.15, -0.1) is 0 Å². The van der Waals surface area contributed by atoms with E-state index in [4.69, 9.17) is 4.98 Å². The SMILES string of the molecule is Bc1c(B)c(CSc2nc(=O)c3c(n2C(B)(B)C(=O)N(Cc2c(B)c(B)c(-c4c(B)c(B)c(C(F)(F)F)c(B)c4B)c(B)c2B)C(B)(B)C(B)(B)N(C(B)(B)C)C(B)(B)C)C(B)(B)C(B)(B)C3(B)B)c(B)c(B)c1F. The summed E-state index contributed by atoms with van der Waals surface area (Å²) in [5.74, 6) is 0.0273. The summed E-state index contributed by atoms with van der Waals surface area (Å²) in [5.41, 5.74) is 12.6. The van der Waals surface area contributed by atoms with Gasteiger partial charge in [-0.1, -0.05) is 112 Å². The Hall–Kier alpha value is -2.14. The first-order chi connectivity index (χ1) is 33.5. The predicted octanol–water partition coefficient (Wildman–Crippen LogP) is -30.4. The van der Waals surface area contributed by atoms with Gasteiger partial charge in [-0.05, 0) is 38.0 Å². The average Bonchev–Trinajstić information content (AvgIpc) is 3.35. The van der Waals surface area contributed by atoms with Gasteiger partial charge in [0.1, 0.15) is 210 Å². The number of hydrogen-bond acceptors (Lipinski definition) is 5. The van der Waals surface area contributed by atoms with Gasteiger partial charge < -0.3 is 14.4 Å². The third kappa shape index (κ3) is 9.94. The largest absolute Gasteiger partial charge is 0.415 e. The summed E-state index contributed by atoms with van der Waals surface area (Å²) in [6.07, 6.45) is -4.49. The molecule has 3 aromatic carbocycles. The minimum absolute atomic E-state index is 0.157. The number of carbonyl (C=O) groups is 1. The van der Waals surface area contributed by atoms with Crippen molar-refractivity contribution in [3.05, 3.63) is 44.1 Å². The minimum atomic E-state index is -4.49. The van der Waals surface area contributed by atoms with E-state index in [9.17, 15) is 18.0 Å². The normalized spacial score (nSPS) is 15.7. The third-order valence-corrected chi connectivity index (χ3v) is 21.1. The molecule has 1 amide bonds. The van der Waals surface area contributed by atoms with Crippen LogP contribution in [-0.2, 0) is 39.0 Å². The molecule has 0 saturated heterocycles. The van der Waals surface area contributed by atoms with Crippen molar-refractivity contribution in [2.45, 2.75) is 79.8 Å².